The van der Waals surface area contributed by atoms with E-state index in [-0.39, 0.29) is 6.04 Å². The van der Waals surface area contributed by atoms with Crippen LogP contribution >= 0.6 is 0 Å². The first kappa shape index (κ1) is 11.8. The smallest absolute Gasteiger partial charge is 0.306 e. The van der Waals surface area contributed by atoms with Gasteiger partial charge in [0.25, 0.3) is 0 Å². The van der Waals surface area contributed by atoms with Crippen molar-refractivity contribution < 1.29 is 13.2 Å². The number of alkyl halides is 3. The van der Waals surface area contributed by atoms with Gasteiger partial charge in [-0.1, -0.05) is 19.8 Å². The quantitative estimate of drug-likeness (QED) is 0.689. The minimum absolute atomic E-state index is 0.0709. The van der Waals surface area contributed by atoms with E-state index in [1.165, 1.54) is 0 Å². The fraction of sp³-hybridized carbons (Fsp3) is 1.00. The van der Waals surface area contributed by atoms with E-state index in [0.717, 1.165) is 32.1 Å². The highest BCUT2D eigenvalue weighted by Crippen LogP contribution is 2.23. The summed E-state index contributed by atoms with van der Waals surface area (Å²) >= 11 is 0. The lowest BCUT2D eigenvalue weighted by Crippen LogP contribution is -2.36. The molecule has 0 aromatic heterocycles. The van der Waals surface area contributed by atoms with Gasteiger partial charge < -0.3 is 5.32 Å². The molecule has 0 spiro atoms. The van der Waals surface area contributed by atoms with Crippen molar-refractivity contribution in [1.82, 2.24) is 5.32 Å². The van der Waals surface area contributed by atoms with Crippen LogP contribution in [0.1, 0.15) is 39.0 Å². The molecule has 84 valence electrons. The summed E-state index contributed by atoms with van der Waals surface area (Å²) in [6.45, 7) is 1.33. The summed E-state index contributed by atoms with van der Waals surface area (Å²) in [6, 6.07) is 0.0709. The summed E-state index contributed by atoms with van der Waals surface area (Å²) in [5.41, 5.74) is 0. The molecule has 0 radical (unpaired) electrons. The zero-order valence-electron chi connectivity index (χ0n) is 8.53. The molecule has 1 fully saturated rings. The zero-order valence-corrected chi connectivity index (χ0v) is 8.53. The molecule has 0 saturated heterocycles. The van der Waals surface area contributed by atoms with Gasteiger partial charge in [-0.05, 0) is 25.2 Å². The van der Waals surface area contributed by atoms with Gasteiger partial charge in [-0.25, -0.2) is 0 Å². The molecule has 0 aromatic carbocycles. The highest BCUT2D eigenvalue weighted by atomic mass is 19.4. The normalized spacial score (nSPS) is 30.0. The summed E-state index contributed by atoms with van der Waals surface area (Å²) in [5, 5.41) is 2.60. The van der Waals surface area contributed by atoms with Gasteiger partial charge in [0.15, 0.2) is 0 Å². The average molecular weight is 209 g/mol. The van der Waals surface area contributed by atoms with Gasteiger partial charge in [0.2, 0.25) is 0 Å². The second-order valence-electron chi connectivity index (χ2n) is 4.31. The molecule has 1 nitrogen and oxygen atoms in total. The number of nitrogens with one attached hydrogen (secondary N) is 1. The standard InChI is InChI=1S/C10H18F3N/c1-8-3-2-4-9(6-5-8)14-7-10(11,12)13/h8-9,14H,2-7H2,1H3. The maximum Gasteiger partial charge on any atom is 0.401 e. The van der Waals surface area contributed by atoms with Crippen molar-refractivity contribution in [3.63, 3.8) is 0 Å². The molecule has 1 aliphatic carbocycles. The number of halogens is 3. The molecular formula is C10H18F3N. The highest BCUT2D eigenvalue weighted by Gasteiger charge is 2.28. The fourth-order valence-electron chi connectivity index (χ4n) is 1.95. The second-order valence-corrected chi connectivity index (χ2v) is 4.31. The lowest BCUT2D eigenvalue weighted by atomic mass is 10.0. The maximum atomic E-state index is 11.9. The lowest BCUT2D eigenvalue weighted by molar-refractivity contribution is -0.126. The van der Waals surface area contributed by atoms with E-state index < -0.39 is 12.7 Å². The number of hydrogen-bond donors (Lipinski definition) is 1. The number of rotatable bonds is 2. The third-order valence-electron chi connectivity index (χ3n) is 2.85. The van der Waals surface area contributed by atoms with Crippen molar-refractivity contribution in [2.75, 3.05) is 6.54 Å². The Morgan fingerprint density at radius 2 is 1.86 bits per heavy atom. The van der Waals surface area contributed by atoms with Crippen LogP contribution in [-0.4, -0.2) is 18.8 Å². The Balaban J connectivity index is 2.24. The minimum atomic E-state index is -4.07. The van der Waals surface area contributed by atoms with Gasteiger partial charge in [0, 0.05) is 6.04 Å². The third kappa shape index (κ3) is 4.84. The molecule has 1 N–H and O–H groups in total. The van der Waals surface area contributed by atoms with E-state index in [9.17, 15) is 13.2 Å². The Labute approximate surface area is 83.1 Å². The van der Waals surface area contributed by atoms with Gasteiger partial charge in [-0.3, -0.25) is 0 Å². The predicted molar refractivity (Wildman–Crippen MR) is 50.1 cm³/mol. The predicted octanol–water partition coefficient (Wildman–Crippen LogP) is 3.11. The Bertz CT molecular complexity index is 167. The summed E-state index contributed by atoms with van der Waals surface area (Å²) in [4.78, 5) is 0. The van der Waals surface area contributed by atoms with Gasteiger partial charge in [-0.15, -0.1) is 0 Å². The second kappa shape index (κ2) is 5.01. The third-order valence-corrected chi connectivity index (χ3v) is 2.85. The monoisotopic (exact) mass is 209 g/mol. The van der Waals surface area contributed by atoms with Crippen molar-refractivity contribution in [3.8, 4) is 0 Å². The molecule has 0 bridgehead atoms. The number of hydrogen-bond acceptors (Lipinski definition) is 1. The summed E-state index contributed by atoms with van der Waals surface area (Å²) < 4.78 is 35.8. The van der Waals surface area contributed by atoms with E-state index in [1.807, 2.05) is 0 Å². The Kier molecular flexibility index (Phi) is 4.23. The molecule has 1 rings (SSSR count). The van der Waals surface area contributed by atoms with Crippen LogP contribution in [0.2, 0.25) is 0 Å². The van der Waals surface area contributed by atoms with Crippen LogP contribution < -0.4 is 5.32 Å². The van der Waals surface area contributed by atoms with E-state index in [2.05, 4.69) is 12.2 Å². The molecule has 14 heavy (non-hydrogen) atoms. The Morgan fingerprint density at radius 3 is 2.50 bits per heavy atom. The maximum absolute atomic E-state index is 11.9. The first-order valence-electron chi connectivity index (χ1n) is 5.27. The topological polar surface area (TPSA) is 12.0 Å². The molecule has 0 aliphatic heterocycles. The van der Waals surface area contributed by atoms with Crippen LogP contribution in [0.15, 0.2) is 0 Å². The highest BCUT2D eigenvalue weighted by molar-refractivity contribution is 4.74. The van der Waals surface area contributed by atoms with Gasteiger partial charge >= 0.3 is 6.18 Å². The molecule has 0 heterocycles. The molecule has 1 saturated carbocycles. The van der Waals surface area contributed by atoms with E-state index >= 15 is 0 Å². The molecule has 4 heteroatoms. The van der Waals surface area contributed by atoms with Crippen LogP contribution in [0.4, 0.5) is 13.2 Å². The van der Waals surface area contributed by atoms with E-state index in [1.54, 1.807) is 0 Å². The fourth-order valence-corrected chi connectivity index (χ4v) is 1.95. The zero-order chi connectivity index (χ0) is 10.6. The first-order valence-corrected chi connectivity index (χ1v) is 5.27. The molecule has 0 amide bonds. The first-order chi connectivity index (χ1) is 6.47. The van der Waals surface area contributed by atoms with E-state index in [4.69, 9.17) is 0 Å². The van der Waals surface area contributed by atoms with Crippen LogP contribution in [0, 0.1) is 5.92 Å². The molecule has 2 atom stereocenters. The van der Waals surface area contributed by atoms with Gasteiger partial charge in [-0.2, -0.15) is 13.2 Å². The molecular weight excluding hydrogens is 191 g/mol. The Morgan fingerprint density at radius 1 is 1.14 bits per heavy atom. The van der Waals surface area contributed by atoms with Crippen LogP contribution in [0.5, 0.6) is 0 Å². The van der Waals surface area contributed by atoms with Crippen LogP contribution in [-0.2, 0) is 0 Å². The van der Waals surface area contributed by atoms with Gasteiger partial charge in [0.1, 0.15) is 0 Å². The summed E-state index contributed by atoms with van der Waals surface area (Å²) in [7, 11) is 0. The summed E-state index contributed by atoms with van der Waals surface area (Å²) in [5.74, 6) is 0.674. The Hall–Kier alpha value is -0.250. The van der Waals surface area contributed by atoms with Crippen molar-refractivity contribution in [2.24, 2.45) is 5.92 Å². The molecule has 1 aliphatic rings. The SMILES string of the molecule is CC1CCCC(NCC(F)(F)F)CC1. The largest absolute Gasteiger partial charge is 0.401 e. The van der Waals surface area contributed by atoms with Crippen molar-refractivity contribution in [2.45, 2.75) is 51.2 Å². The van der Waals surface area contributed by atoms with Crippen molar-refractivity contribution in [1.29, 1.82) is 0 Å². The van der Waals surface area contributed by atoms with Crippen LogP contribution in [0.25, 0.3) is 0 Å². The van der Waals surface area contributed by atoms with Gasteiger partial charge in [0.05, 0.1) is 6.54 Å². The van der Waals surface area contributed by atoms with Crippen molar-refractivity contribution >= 4 is 0 Å². The average Bonchev–Trinajstić information content (AvgIpc) is 2.25. The van der Waals surface area contributed by atoms with E-state index in [0.29, 0.717) is 5.92 Å². The van der Waals surface area contributed by atoms with Crippen molar-refractivity contribution in [3.05, 3.63) is 0 Å². The minimum Gasteiger partial charge on any atom is -0.306 e. The molecule has 2 unspecified atom stereocenters. The summed E-state index contributed by atoms with van der Waals surface area (Å²) in [6.07, 6.45) is 0.964. The van der Waals surface area contributed by atoms with Crippen LogP contribution in [0.3, 0.4) is 0 Å². The molecule has 0 aromatic rings. The lowest BCUT2D eigenvalue weighted by Gasteiger charge is -2.17.